The second-order valence-corrected chi connectivity index (χ2v) is 5.72. The van der Waals surface area contributed by atoms with Crippen molar-refractivity contribution in [1.29, 1.82) is 0 Å². The van der Waals surface area contributed by atoms with Crippen LogP contribution in [0.1, 0.15) is 43.5 Å². The van der Waals surface area contributed by atoms with Crippen molar-refractivity contribution in [3.63, 3.8) is 0 Å². The van der Waals surface area contributed by atoms with Gasteiger partial charge in [-0.3, -0.25) is 9.59 Å². The van der Waals surface area contributed by atoms with Gasteiger partial charge in [0, 0.05) is 12.6 Å². The van der Waals surface area contributed by atoms with Gasteiger partial charge >= 0.3 is 0 Å². The number of amides is 2. The second kappa shape index (κ2) is 9.57. The summed E-state index contributed by atoms with van der Waals surface area (Å²) in [5.41, 5.74) is 0.434. The van der Waals surface area contributed by atoms with E-state index < -0.39 is 6.04 Å². The molecule has 1 aliphatic rings. The van der Waals surface area contributed by atoms with E-state index in [0.717, 1.165) is 38.9 Å². The molecule has 0 spiro atoms. The normalized spacial score (nSPS) is 16.3. The maximum absolute atomic E-state index is 12.7. The summed E-state index contributed by atoms with van der Waals surface area (Å²) in [6.07, 6.45) is 5.67. The number of furan rings is 1. The highest BCUT2D eigenvalue weighted by Gasteiger charge is 2.28. The molecule has 130 valence electrons. The van der Waals surface area contributed by atoms with E-state index in [1.54, 1.807) is 13.0 Å². The molecule has 0 radical (unpaired) electrons. The third kappa shape index (κ3) is 5.25. The monoisotopic (exact) mass is 343 g/mol. The van der Waals surface area contributed by atoms with Crippen LogP contribution >= 0.6 is 12.4 Å². The zero-order chi connectivity index (χ0) is 15.9. The van der Waals surface area contributed by atoms with Gasteiger partial charge in [0.2, 0.25) is 5.91 Å². The van der Waals surface area contributed by atoms with Crippen molar-refractivity contribution < 1.29 is 14.0 Å². The highest BCUT2D eigenvalue weighted by Crippen LogP contribution is 2.14. The fraction of sp³-hybridized carbons (Fsp3) is 0.625. The summed E-state index contributed by atoms with van der Waals surface area (Å²) in [4.78, 5) is 26.7. The minimum Gasteiger partial charge on any atom is -0.472 e. The second-order valence-electron chi connectivity index (χ2n) is 5.72. The molecule has 1 fully saturated rings. The first-order valence-electron chi connectivity index (χ1n) is 7.97. The molecule has 2 heterocycles. The van der Waals surface area contributed by atoms with Crippen LogP contribution in [0.25, 0.3) is 0 Å². The van der Waals surface area contributed by atoms with Crippen molar-refractivity contribution >= 4 is 24.2 Å². The first-order chi connectivity index (χ1) is 10.6. The molecule has 0 bridgehead atoms. The zero-order valence-electron chi connectivity index (χ0n) is 13.7. The Kier molecular flexibility index (Phi) is 8.12. The van der Waals surface area contributed by atoms with Gasteiger partial charge in [0.15, 0.2) is 0 Å². The Bertz CT molecular complexity index is 487. The lowest BCUT2D eigenvalue weighted by molar-refractivity contribution is -0.135. The van der Waals surface area contributed by atoms with E-state index in [1.165, 1.54) is 12.5 Å². The molecule has 1 aromatic heterocycles. The van der Waals surface area contributed by atoms with Crippen molar-refractivity contribution in [2.45, 2.75) is 45.2 Å². The van der Waals surface area contributed by atoms with E-state index >= 15 is 0 Å². The van der Waals surface area contributed by atoms with Gasteiger partial charge in [-0.05, 0) is 45.3 Å². The maximum atomic E-state index is 12.7. The molecular weight excluding hydrogens is 318 g/mol. The molecular formula is C16H26ClN3O3. The van der Waals surface area contributed by atoms with Gasteiger partial charge in [-0.25, -0.2) is 0 Å². The van der Waals surface area contributed by atoms with Gasteiger partial charge in [0.1, 0.15) is 12.3 Å². The van der Waals surface area contributed by atoms with Gasteiger partial charge in [0.25, 0.3) is 5.91 Å². The molecule has 2 amide bonds. The van der Waals surface area contributed by atoms with E-state index in [9.17, 15) is 9.59 Å². The molecule has 2 rings (SSSR count). The minimum absolute atomic E-state index is 0. The number of rotatable bonds is 6. The third-order valence-corrected chi connectivity index (χ3v) is 4.00. The summed E-state index contributed by atoms with van der Waals surface area (Å²) in [6, 6.07) is 1.31. The molecule has 6 nitrogen and oxygen atoms in total. The molecule has 1 aromatic rings. The molecule has 1 aliphatic heterocycles. The molecule has 1 unspecified atom stereocenters. The van der Waals surface area contributed by atoms with E-state index in [2.05, 4.69) is 17.6 Å². The lowest BCUT2D eigenvalue weighted by atomic mass is 10.0. The van der Waals surface area contributed by atoms with Gasteiger partial charge in [-0.2, -0.15) is 0 Å². The largest absolute Gasteiger partial charge is 0.472 e. The predicted octanol–water partition coefficient (Wildman–Crippen LogP) is 1.81. The van der Waals surface area contributed by atoms with Crippen molar-refractivity contribution in [2.75, 3.05) is 19.6 Å². The summed E-state index contributed by atoms with van der Waals surface area (Å²) in [5.74, 6) is -0.290. The van der Waals surface area contributed by atoms with Crippen LogP contribution in [0.5, 0.6) is 0 Å². The van der Waals surface area contributed by atoms with E-state index in [-0.39, 0.29) is 30.3 Å². The Balaban J connectivity index is 0.00000264. The molecule has 0 aromatic carbocycles. The molecule has 1 saturated heterocycles. The van der Waals surface area contributed by atoms with Crippen molar-refractivity contribution in [3.8, 4) is 0 Å². The fourth-order valence-corrected chi connectivity index (χ4v) is 2.82. The van der Waals surface area contributed by atoms with Gasteiger partial charge in [-0.15, -0.1) is 12.4 Å². The Hall–Kier alpha value is -1.53. The number of carbonyl (C=O) groups is 2. The summed E-state index contributed by atoms with van der Waals surface area (Å²) < 4.78 is 4.90. The van der Waals surface area contributed by atoms with Crippen LogP contribution in [0.15, 0.2) is 23.0 Å². The van der Waals surface area contributed by atoms with Crippen molar-refractivity contribution in [1.82, 2.24) is 15.5 Å². The Morgan fingerprint density at radius 3 is 2.70 bits per heavy atom. The van der Waals surface area contributed by atoms with Gasteiger partial charge < -0.3 is 20.0 Å². The van der Waals surface area contributed by atoms with Crippen LogP contribution in [0.4, 0.5) is 0 Å². The summed E-state index contributed by atoms with van der Waals surface area (Å²) in [7, 11) is 0. The molecule has 23 heavy (non-hydrogen) atoms. The summed E-state index contributed by atoms with van der Waals surface area (Å²) >= 11 is 0. The Morgan fingerprint density at radius 2 is 2.13 bits per heavy atom. The number of hydrogen-bond donors (Lipinski definition) is 2. The van der Waals surface area contributed by atoms with E-state index in [1.807, 2.05) is 4.90 Å². The first kappa shape index (κ1) is 19.5. The maximum Gasteiger partial charge on any atom is 0.255 e. The zero-order valence-corrected chi connectivity index (χ0v) is 14.5. The minimum atomic E-state index is -0.538. The number of halogens is 1. The lowest BCUT2D eigenvalue weighted by Crippen LogP contribution is -2.53. The third-order valence-electron chi connectivity index (χ3n) is 4.00. The Labute approximate surface area is 143 Å². The topological polar surface area (TPSA) is 74.6 Å². The van der Waals surface area contributed by atoms with Gasteiger partial charge in [-0.1, -0.05) is 6.92 Å². The van der Waals surface area contributed by atoms with E-state index in [4.69, 9.17) is 4.42 Å². The molecule has 0 saturated carbocycles. The van der Waals surface area contributed by atoms with Crippen LogP contribution in [0, 0.1) is 0 Å². The fourth-order valence-electron chi connectivity index (χ4n) is 2.82. The van der Waals surface area contributed by atoms with Crippen LogP contribution in [-0.4, -0.2) is 48.4 Å². The summed E-state index contributed by atoms with van der Waals surface area (Å²) in [6.45, 7) is 6.41. The van der Waals surface area contributed by atoms with Crippen LogP contribution in [0.3, 0.4) is 0 Å². The molecule has 7 heteroatoms. The standard InChI is InChI=1S/C16H25N3O3.ClH/c1-3-9-19(14-4-7-17-8-5-14)16(21)12(2)18-15(20)13-6-10-22-11-13;/h6,10-12,14,17H,3-5,7-9H2,1-2H3,(H,18,20);1H. The quantitative estimate of drug-likeness (QED) is 0.826. The SMILES string of the molecule is CCCN(C(=O)C(C)NC(=O)c1ccoc1)C1CCNCC1.Cl. The Morgan fingerprint density at radius 1 is 1.43 bits per heavy atom. The first-order valence-corrected chi connectivity index (χ1v) is 7.97. The van der Waals surface area contributed by atoms with Crippen LogP contribution in [0.2, 0.25) is 0 Å². The van der Waals surface area contributed by atoms with Gasteiger partial charge in [0.05, 0.1) is 11.8 Å². The highest BCUT2D eigenvalue weighted by atomic mass is 35.5. The van der Waals surface area contributed by atoms with E-state index in [0.29, 0.717) is 5.56 Å². The van der Waals surface area contributed by atoms with Crippen molar-refractivity contribution in [3.05, 3.63) is 24.2 Å². The number of nitrogens with zero attached hydrogens (tertiary/aromatic N) is 1. The average Bonchev–Trinajstić information content (AvgIpc) is 3.07. The highest BCUT2D eigenvalue weighted by molar-refractivity contribution is 5.97. The molecule has 1 atom stereocenters. The smallest absolute Gasteiger partial charge is 0.255 e. The number of carbonyl (C=O) groups excluding carboxylic acids is 2. The van der Waals surface area contributed by atoms with Crippen LogP contribution in [-0.2, 0) is 4.79 Å². The average molecular weight is 344 g/mol. The number of hydrogen-bond acceptors (Lipinski definition) is 4. The van der Waals surface area contributed by atoms with Crippen molar-refractivity contribution in [2.24, 2.45) is 0 Å². The number of nitrogens with one attached hydrogen (secondary N) is 2. The lowest BCUT2D eigenvalue weighted by Gasteiger charge is -2.36. The summed E-state index contributed by atoms with van der Waals surface area (Å²) in [5, 5.41) is 6.07. The predicted molar refractivity (Wildman–Crippen MR) is 90.8 cm³/mol. The van der Waals surface area contributed by atoms with Crippen LogP contribution < -0.4 is 10.6 Å². The number of piperidine rings is 1. The molecule has 0 aliphatic carbocycles. The molecule has 2 N–H and O–H groups in total.